The molecule has 3 atom stereocenters. The summed E-state index contributed by atoms with van der Waals surface area (Å²) in [6, 6.07) is 12.2. The smallest absolute Gasteiger partial charge is 0.226 e. The number of amides is 1. The van der Waals surface area contributed by atoms with Crippen LogP contribution in [0.2, 0.25) is 5.02 Å². The normalized spacial score (nSPS) is 26.3. The fourth-order valence-corrected chi connectivity index (χ4v) is 3.95. The Labute approximate surface area is 141 Å². The Kier molecular flexibility index (Phi) is 3.82. The van der Waals surface area contributed by atoms with Gasteiger partial charge in [-0.3, -0.25) is 9.78 Å². The lowest BCUT2D eigenvalue weighted by molar-refractivity contribution is -0.133. The highest BCUT2D eigenvalue weighted by Crippen LogP contribution is 2.50. The molecule has 1 aromatic heterocycles. The molecule has 1 aliphatic heterocycles. The van der Waals surface area contributed by atoms with Gasteiger partial charge in [-0.2, -0.15) is 0 Å². The van der Waals surface area contributed by atoms with Crippen molar-refractivity contribution in [3.63, 3.8) is 0 Å². The first-order chi connectivity index (χ1) is 11.2. The van der Waals surface area contributed by atoms with E-state index >= 15 is 0 Å². The Morgan fingerprint density at radius 3 is 2.78 bits per heavy atom. The predicted octanol–water partition coefficient (Wildman–Crippen LogP) is 4.20. The van der Waals surface area contributed by atoms with E-state index in [4.69, 9.17) is 11.6 Å². The molecule has 1 saturated carbocycles. The van der Waals surface area contributed by atoms with Crippen LogP contribution >= 0.6 is 11.6 Å². The second-order valence-corrected chi connectivity index (χ2v) is 6.91. The van der Waals surface area contributed by atoms with Gasteiger partial charge in [-0.25, -0.2) is 0 Å². The molecular formula is C19H19ClN2O. The van der Waals surface area contributed by atoms with Crippen molar-refractivity contribution < 1.29 is 4.79 Å². The average molecular weight is 327 g/mol. The zero-order valence-corrected chi connectivity index (χ0v) is 13.6. The number of carbonyl (C=O) groups excluding carboxylic acids is 1. The van der Waals surface area contributed by atoms with Gasteiger partial charge in [0.1, 0.15) is 0 Å². The molecule has 4 heteroatoms. The van der Waals surface area contributed by atoms with Gasteiger partial charge in [0.05, 0.1) is 6.04 Å². The number of benzene rings is 1. The summed E-state index contributed by atoms with van der Waals surface area (Å²) >= 11 is 6.07. The van der Waals surface area contributed by atoms with Crippen LogP contribution in [0.15, 0.2) is 48.8 Å². The molecule has 3 nitrogen and oxygen atoms in total. The van der Waals surface area contributed by atoms with Crippen molar-refractivity contribution in [1.29, 1.82) is 0 Å². The third kappa shape index (κ3) is 2.86. The quantitative estimate of drug-likeness (QED) is 0.846. The lowest BCUT2D eigenvalue weighted by Crippen LogP contribution is -2.32. The molecule has 2 heterocycles. The van der Waals surface area contributed by atoms with E-state index in [1.54, 1.807) is 0 Å². The number of rotatable bonds is 3. The average Bonchev–Trinajstić information content (AvgIpc) is 3.23. The third-order valence-corrected chi connectivity index (χ3v) is 5.25. The summed E-state index contributed by atoms with van der Waals surface area (Å²) in [4.78, 5) is 19.1. The first-order valence-corrected chi connectivity index (χ1v) is 8.57. The van der Waals surface area contributed by atoms with E-state index in [2.05, 4.69) is 16.0 Å². The van der Waals surface area contributed by atoms with Crippen LogP contribution in [-0.4, -0.2) is 22.3 Å². The summed E-state index contributed by atoms with van der Waals surface area (Å²) in [5.41, 5.74) is 2.39. The lowest BCUT2D eigenvalue weighted by atomic mass is 10.1. The number of halogens is 1. The predicted molar refractivity (Wildman–Crippen MR) is 90.2 cm³/mol. The van der Waals surface area contributed by atoms with Crippen molar-refractivity contribution >= 4 is 17.5 Å². The minimum Gasteiger partial charge on any atom is -0.335 e. The van der Waals surface area contributed by atoms with Crippen LogP contribution in [0, 0.1) is 5.92 Å². The number of nitrogens with zero attached hydrogens (tertiary/aromatic N) is 2. The molecule has 0 bridgehead atoms. The molecule has 1 aliphatic carbocycles. The Morgan fingerprint density at radius 2 is 2.00 bits per heavy atom. The summed E-state index contributed by atoms with van der Waals surface area (Å²) in [7, 11) is 0. The Balaban J connectivity index is 1.49. The SMILES string of the molecule is O=C(C1CC1c1cccc(Cl)c1)N1CCCC1c1ccncc1. The van der Waals surface area contributed by atoms with E-state index in [-0.39, 0.29) is 12.0 Å². The molecule has 0 spiro atoms. The highest BCUT2D eigenvalue weighted by atomic mass is 35.5. The zero-order valence-electron chi connectivity index (χ0n) is 12.9. The lowest BCUT2D eigenvalue weighted by Gasteiger charge is -2.25. The molecule has 1 aromatic carbocycles. The maximum absolute atomic E-state index is 12.9. The fourth-order valence-electron chi connectivity index (χ4n) is 3.75. The van der Waals surface area contributed by atoms with Crippen molar-refractivity contribution in [3.8, 4) is 0 Å². The molecule has 2 aliphatic rings. The van der Waals surface area contributed by atoms with Crippen LogP contribution in [0.25, 0.3) is 0 Å². The first kappa shape index (κ1) is 14.7. The fraction of sp³-hybridized carbons (Fsp3) is 0.368. The summed E-state index contributed by atoms with van der Waals surface area (Å²) in [6.07, 6.45) is 6.68. The van der Waals surface area contributed by atoms with E-state index in [9.17, 15) is 4.79 Å². The summed E-state index contributed by atoms with van der Waals surface area (Å²) in [5.74, 6) is 0.755. The molecule has 1 saturated heterocycles. The second kappa shape index (κ2) is 5.97. The summed E-state index contributed by atoms with van der Waals surface area (Å²) in [5, 5.41) is 0.747. The largest absolute Gasteiger partial charge is 0.335 e. The minimum absolute atomic E-state index is 0.121. The Hall–Kier alpha value is -1.87. The van der Waals surface area contributed by atoms with Gasteiger partial charge in [-0.1, -0.05) is 23.7 Å². The van der Waals surface area contributed by atoms with Crippen molar-refractivity contribution in [2.45, 2.75) is 31.2 Å². The van der Waals surface area contributed by atoms with Crippen LogP contribution in [0.3, 0.4) is 0 Å². The first-order valence-electron chi connectivity index (χ1n) is 8.20. The van der Waals surface area contributed by atoms with Crippen LogP contribution in [0.4, 0.5) is 0 Å². The second-order valence-electron chi connectivity index (χ2n) is 6.47. The van der Waals surface area contributed by atoms with Crippen molar-refractivity contribution in [2.24, 2.45) is 5.92 Å². The Bertz CT molecular complexity index is 718. The maximum atomic E-state index is 12.9. The number of aromatic nitrogens is 1. The molecule has 0 N–H and O–H groups in total. The van der Waals surface area contributed by atoms with Gasteiger partial charge >= 0.3 is 0 Å². The standard InChI is InChI=1S/C19H19ClN2O/c20-15-4-1-3-14(11-15)16-12-17(16)19(23)22-10-2-5-18(22)13-6-8-21-9-7-13/h1,3-4,6-9,11,16-18H,2,5,10,12H2. The topological polar surface area (TPSA) is 33.2 Å². The monoisotopic (exact) mass is 326 g/mol. The molecule has 1 amide bonds. The summed E-state index contributed by atoms with van der Waals surface area (Å²) in [6.45, 7) is 0.866. The van der Waals surface area contributed by atoms with Crippen LogP contribution in [0.5, 0.6) is 0 Å². The van der Waals surface area contributed by atoms with Crippen molar-refractivity contribution in [3.05, 3.63) is 64.9 Å². The third-order valence-electron chi connectivity index (χ3n) is 5.01. The highest BCUT2D eigenvalue weighted by molar-refractivity contribution is 6.30. The van der Waals surface area contributed by atoms with Gasteiger partial charge in [0, 0.05) is 29.9 Å². The van der Waals surface area contributed by atoms with E-state index < -0.39 is 0 Å². The molecule has 23 heavy (non-hydrogen) atoms. The molecule has 2 fully saturated rings. The summed E-state index contributed by atoms with van der Waals surface area (Å²) < 4.78 is 0. The Morgan fingerprint density at radius 1 is 1.17 bits per heavy atom. The van der Waals surface area contributed by atoms with Gasteiger partial charge in [-0.05, 0) is 60.6 Å². The van der Waals surface area contributed by atoms with E-state index in [0.717, 1.165) is 30.8 Å². The maximum Gasteiger partial charge on any atom is 0.226 e. The molecule has 3 unspecified atom stereocenters. The van der Waals surface area contributed by atoms with Crippen LogP contribution in [-0.2, 0) is 4.79 Å². The van der Waals surface area contributed by atoms with Crippen molar-refractivity contribution in [1.82, 2.24) is 9.88 Å². The van der Waals surface area contributed by atoms with Gasteiger partial charge in [0.15, 0.2) is 0 Å². The van der Waals surface area contributed by atoms with Crippen molar-refractivity contribution in [2.75, 3.05) is 6.54 Å². The number of hydrogen-bond donors (Lipinski definition) is 0. The minimum atomic E-state index is 0.121. The van der Waals surface area contributed by atoms with Crippen LogP contribution < -0.4 is 0 Å². The number of likely N-dealkylation sites (tertiary alicyclic amines) is 1. The molecular weight excluding hydrogens is 308 g/mol. The van der Waals surface area contributed by atoms with Gasteiger partial charge in [0.25, 0.3) is 0 Å². The number of hydrogen-bond acceptors (Lipinski definition) is 2. The van der Waals surface area contributed by atoms with Gasteiger partial charge < -0.3 is 4.90 Å². The number of carbonyl (C=O) groups is 1. The number of pyridine rings is 1. The van der Waals surface area contributed by atoms with E-state index in [0.29, 0.717) is 11.8 Å². The molecule has 118 valence electrons. The van der Waals surface area contributed by atoms with Gasteiger partial charge in [0.2, 0.25) is 5.91 Å². The molecule has 0 radical (unpaired) electrons. The van der Waals surface area contributed by atoms with E-state index in [1.807, 2.05) is 42.7 Å². The van der Waals surface area contributed by atoms with E-state index in [1.165, 1.54) is 11.1 Å². The van der Waals surface area contributed by atoms with Gasteiger partial charge in [-0.15, -0.1) is 0 Å². The molecule has 2 aromatic rings. The van der Waals surface area contributed by atoms with Crippen LogP contribution in [0.1, 0.15) is 42.3 Å². The zero-order chi connectivity index (χ0) is 15.8. The molecule has 4 rings (SSSR count). The highest BCUT2D eigenvalue weighted by Gasteiger charge is 2.47.